The Morgan fingerprint density at radius 3 is 2.89 bits per heavy atom. The number of anilines is 1. The largest absolute Gasteiger partial charge is 0.480 e. The summed E-state index contributed by atoms with van der Waals surface area (Å²) in [5.41, 5.74) is 4.22. The first-order chi connectivity index (χ1) is 17.7. The molecule has 1 aromatic heterocycles. The van der Waals surface area contributed by atoms with Crippen LogP contribution in [0.1, 0.15) is 75.0 Å². The molecule has 2 aromatic rings. The van der Waals surface area contributed by atoms with E-state index in [0.717, 1.165) is 56.5 Å². The number of hydrogen-bond donors (Lipinski definition) is 2. The third-order valence-electron chi connectivity index (χ3n) is 6.96. The monoisotopic (exact) mass is 513 g/mol. The lowest BCUT2D eigenvalue weighted by Gasteiger charge is -2.27. The molecule has 1 aromatic carbocycles. The van der Waals surface area contributed by atoms with Crippen LogP contribution < -0.4 is 5.32 Å². The summed E-state index contributed by atoms with van der Waals surface area (Å²) in [4.78, 5) is 19.0. The molecule has 7 nitrogen and oxygen atoms in total. The van der Waals surface area contributed by atoms with E-state index in [0.29, 0.717) is 30.8 Å². The number of unbranched alkanes of at least 4 members (excludes halogenated alkanes) is 1. The van der Waals surface area contributed by atoms with Crippen molar-refractivity contribution in [2.24, 2.45) is 0 Å². The first kappa shape index (κ1) is 27.5. The number of pyridine rings is 1. The highest BCUT2D eigenvalue weighted by atomic mass is 19.1. The van der Waals surface area contributed by atoms with E-state index in [1.807, 2.05) is 25.7 Å². The van der Waals surface area contributed by atoms with Gasteiger partial charge >= 0.3 is 5.97 Å². The number of aliphatic carboxylic acids is 1. The number of carboxylic acid groups (broad SMARTS) is 1. The summed E-state index contributed by atoms with van der Waals surface area (Å²) in [7, 11) is 0. The van der Waals surface area contributed by atoms with Crippen molar-refractivity contribution in [1.82, 2.24) is 9.88 Å². The smallest absolute Gasteiger partial charge is 0.325 e. The zero-order valence-corrected chi connectivity index (χ0v) is 22.3. The molecule has 0 bridgehead atoms. The van der Waals surface area contributed by atoms with Crippen molar-refractivity contribution >= 4 is 11.7 Å². The van der Waals surface area contributed by atoms with Crippen LogP contribution in [0.15, 0.2) is 30.3 Å². The molecule has 0 spiro atoms. The molecule has 0 amide bonds. The predicted molar refractivity (Wildman–Crippen MR) is 141 cm³/mol. The number of halogens is 1. The molecule has 2 atom stereocenters. The Labute approximate surface area is 219 Å². The van der Waals surface area contributed by atoms with E-state index in [2.05, 4.69) is 17.4 Å². The standard InChI is InChI=1S/C29H40FN3O4/c1-29(2,3)37-19-20-9-10-21(30)17-24(20)27(28(34)35)33-15-13-23(18-33)36-16-5-4-7-22-11-12-25-26(32-22)8-6-14-31-25/h9-12,17,23,27,31H,4-8,13-16,18-19H2,1-3H3,(H,34,35)/t23-,27?/m1/s1. The van der Waals surface area contributed by atoms with E-state index in [-0.39, 0.29) is 18.3 Å². The van der Waals surface area contributed by atoms with E-state index < -0.39 is 17.8 Å². The lowest BCUT2D eigenvalue weighted by molar-refractivity contribution is -0.143. The molecular weight excluding hydrogens is 473 g/mol. The molecule has 1 saturated heterocycles. The summed E-state index contributed by atoms with van der Waals surface area (Å²) in [6, 6.07) is 7.62. The molecule has 1 unspecified atom stereocenters. The van der Waals surface area contributed by atoms with Gasteiger partial charge < -0.3 is 19.9 Å². The first-order valence-corrected chi connectivity index (χ1v) is 13.4. The molecule has 3 heterocycles. The number of fused-ring (bicyclic) bond motifs is 1. The van der Waals surface area contributed by atoms with Crippen molar-refractivity contribution in [2.45, 2.75) is 83.6 Å². The molecule has 8 heteroatoms. The summed E-state index contributed by atoms with van der Waals surface area (Å²) < 4.78 is 26.2. The second-order valence-corrected chi connectivity index (χ2v) is 11.0. The van der Waals surface area contributed by atoms with Gasteiger partial charge in [-0.05, 0) is 94.7 Å². The number of nitrogens with one attached hydrogen (secondary N) is 1. The zero-order valence-electron chi connectivity index (χ0n) is 22.3. The molecule has 0 aliphatic carbocycles. The third-order valence-corrected chi connectivity index (χ3v) is 6.96. The maximum absolute atomic E-state index is 14.2. The number of hydrogen-bond acceptors (Lipinski definition) is 6. The number of rotatable bonds is 11. The van der Waals surface area contributed by atoms with Gasteiger partial charge in [-0.2, -0.15) is 0 Å². The van der Waals surface area contributed by atoms with Crippen molar-refractivity contribution in [3.63, 3.8) is 0 Å². The minimum Gasteiger partial charge on any atom is -0.480 e. The summed E-state index contributed by atoms with van der Waals surface area (Å²) in [5, 5.41) is 13.5. The number of carbonyl (C=O) groups is 1. The number of nitrogens with zero attached hydrogens (tertiary/aromatic N) is 2. The van der Waals surface area contributed by atoms with Crippen molar-refractivity contribution in [3.05, 3.63) is 58.7 Å². The highest BCUT2D eigenvalue weighted by Crippen LogP contribution is 2.31. The van der Waals surface area contributed by atoms with E-state index >= 15 is 0 Å². The van der Waals surface area contributed by atoms with Gasteiger partial charge in [0, 0.05) is 31.9 Å². The van der Waals surface area contributed by atoms with Crippen LogP contribution in [-0.4, -0.2) is 58.9 Å². The zero-order chi connectivity index (χ0) is 26.4. The minimum absolute atomic E-state index is 0.0300. The van der Waals surface area contributed by atoms with Crippen LogP contribution >= 0.6 is 0 Å². The van der Waals surface area contributed by atoms with Crippen LogP contribution in [0.25, 0.3) is 0 Å². The summed E-state index contributed by atoms with van der Waals surface area (Å²) in [5.74, 6) is -1.44. The normalized spacial score (nSPS) is 18.9. The second-order valence-electron chi connectivity index (χ2n) is 11.0. The maximum Gasteiger partial charge on any atom is 0.325 e. The van der Waals surface area contributed by atoms with Gasteiger partial charge in [-0.25, -0.2) is 4.39 Å². The summed E-state index contributed by atoms with van der Waals surface area (Å²) in [6.07, 6.45) is 5.73. The molecule has 2 N–H and O–H groups in total. The number of aryl methyl sites for hydroxylation is 2. The van der Waals surface area contributed by atoms with Crippen LogP contribution in [0, 0.1) is 5.82 Å². The lowest BCUT2D eigenvalue weighted by Crippen LogP contribution is -2.34. The van der Waals surface area contributed by atoms with Crippen molar-refractivity contribution in [3.8, 4) is 0 Å². The van der Waals surface area contributed by atoms with E-state index in [9.17, 15) is 14.3 Å². The molecule has 202 valence electrons. The molecule has 1 fully saturated rings. The Morgan fingerprint density at radius 2 is 2.11 bits per heavy atom. The van der Waals surface area contributed by atoms with Gasteiger partial charge in [-0.15, -0.1) is 0 Å². The van der Waals surface area contributed by atoms with Gasteiger partial charge in [0.25, 0.3) is 0 Å². The third kappa shape index (κ3) is 7.72. The Morgan fingerprint density at radius 1 is 1.27 bits per heavy atom. The Balaban J connectivity index is 1.28. The molecular formula is C29H40FN3O4. The highest BCUT2D eigenvalue weighted by Gasteiger charge is 2.35. The highest BCUT2D eigenvalue weighted by molar-refractivity contribution is 5.76. The molecule has 0 saturated carbocycles. The summed E-state index contributed by atoms with van der Waals surface area (Å²) in [6.45, 7) is 8.79. The van der Waals surface area contributed by atoms with E-state index in [1.165, 1.54) is 17.8 Å². The fraction of sp³-hybridized carbons (Fsp3) is 0.586. The molecule has 4 rings (SSSR count). The SMILES string of the molecule is CC(C)(C)OCc1ccc(F)cc1C(C(=O)O)N1CC[C@@H](OCCCCc2ccc3c(n2)CCCN3)C1. The first-order valence-electron chi connectivity index (χ1n) is 13.4. The van der Waals surface area contributed by atoms with Crippen LogP contribution in [0.3, 0.4) is 0 Å². The van der Waals surface area contributed by atoms with Crippen molar-refractivity contribution in [2.75, 3.05) is 31.6 Å². The van der Waals surface area contributed by atoms with Gasteiger partial charge in [-0.3, -0.25) is 14.7 Å². The Bertz CT molecular complexity index is 1070. The van der Waals surface area contributed by atoms with Crippen LogP contribution in [0.2, 0.25) is 0 Å². The number of likely N-dealkylation sites (tertiary alicyclic amines) is 1. The molecule has 2 aliphatic heterocycles. The number of carboxylic acids is 1. The number of ether oxygens (including phenoxy) is 2. The Hall–Kier alpha value is -2.55. The number of aromatic nitrogens is 1. The van der Waals surface area contributed by atoms with Gasteiger partial charge in [0.15, 0.2) is 0 Å². The maximum atomic E-state index is 14.2. The van der Waals surface area contributed by atoms with Crippen LogP contribution in [0.4, 0.5) is 10.1 Å². The van der Waals surface area contributed by atoms with Crippen molar-refractivity contribution in [1.29, 1.82) is 0 Å². The fourth-order valence-electron chi connectivity index (χ4n) is 5.03. The van der Waals surface area contributed by atoms with Crippen molar-refractivity contribution < 1.29 is 23.8 Å². The topological polar surface area (TPSA) is 83.9 Å². The van der Waals surface area contributed by atoms with E-state index in [4.69, 9.17) is 14.5 Å². The van der Waals surface area contributed by atoms with Crippen LogP contribution in [0.5, 0.6) is 0 Å². The molecule has 0 radical (unpaired) electrons. The lowest BCUT2D eigenvalue weighted by atomic mass is 9.99. The summed E-state index contributed by atoms with van der Waals surface area (Å²) >= 11 is 0. The Kier molecular flexibility index (Phi) is 9.16. The molecule has 37 heavy (non-hydrogen) atoms. The average molecular weight is 514 g/mol. The molecule has 2 aliphatic rings. The van der Waals surface area contributed by atoms with E-state index in [1.54, 1.807) is 6.07 Å². The average Bonchev–Trinajstić information content (AvgIpc) is 3.30. The quantitative estimate of drug-likeness (QED) is 0.403. The van der Waals surface area contributed by atoms with Gasteiger partial charge in [-0.1, -0.05) is 6.07 Å². The second kappa shape index (κ2) is 12.3. The van der Waals surface area contributed by atoms with Gasteiger partial charge in [0.1, 0.15) is 11.9 Å². The van der Waals surface area contributed by atoms with Gasteiger partial charge in [0.2, 0.25) is 0 Å². The predicted octanol–water partition coefficient (Wildman–Crippen LogP) is 5.13. The van der Waals surface area contributed by atoms with Gasteiger partial charge in [0.05, 0.1) is 29.7 Å². The van der Waals surface area contributed by atoms with Crippen LogP contribution in [-0.2, 0) is 33.7 Å². The fourth-order valence-corrected chi connectivity index (χ4v) is 5.03. The minimum atomic E-state index is -0.990. The number of benzene rings is 1.